The molecule has 0 aromatic heterocycles. The second-order valence-electron chi connectivity index (χ2n) is 15.3. The Balaban J connectivity index is 1.50. The number of Topliss-reactive ketones (excluding diaryl/α,β-unsaturated/α-hetero) is 1. The van der Waals surface area contributed by atoms with Crippen molar-refractivity contribution in [3.05, 3.63) is 82.9 Å². The predicted molar refractivity (Wildman–Crippen MR) is 183 cm³/mol. The number of amides is 1. The van der Waals surface area contributed by atoms with Crippen molar-refractivity contribution in [2.75, 3.05) is 13.7 Å². The molecule has 52 heavy (non-hydrogen) atoms. The summed E-state index contributed by atoms with van der Waals surface area (Å²) in [5.41, 5.74) is -6.15. The first-order valence-electron chi connectivity index (χ1n) is 17.4. The molecule has 2 aromatic carbocycles. The Morgan fingerprint density at radius 3 is 2.15 bits per heavy atom. The van der Waals surface area contributed by atoms with Crippen molar-refractivity contribution < 1.29 is 58.6 Å². The van der Waals surface area contributed by atoms with Crippen LogP contribution in [0.4, 0.5) is 0 Å². The number of carbonyl (C=O) groups excluding carboxylic acids is 4. The van der Waals surface area contributed by atoms with E-state index in [1.807, 2.05) is 0 Å². The molecular weight excluding hydrogens is 674 g/mol. The van der Waals surface area contributed by atoms with E-state index in [9.17, 15) is 39.6 Å². The topological polar surface area (TPSA) is 198 Å². The van der Waals surface area contributed by atoms with Gasteiger partial charge in [-0.15, -0.1) is 0 Å². The smallest absolute Gasteiger partial charge is 0.338 e. The van der Waals surface area contributed by atoms with Crippen molar-refractivity contribution in [2.24, 2.45) is 16.7 Å². The van der Waals surface area contributed by atoms with Gasteiger partial charge in [0.25, 0.3) is 0 Å². The Bertz CT molecular complexity index is 1760. The molecule has 0 spiro atoms. The molecule has 280 valence electrons. The quantitative estimate of drug-likeness (QED) is 0.197. The minimum Gasteiger partial charge on any atom is -0.456 e. The number of aliphatic hydroxyl groups excluding tert-OH is 2. The molecule has 10 unspecified atom stereocenters. The van der Waals surface area contributed by atoms with Gasteiger partial charge in [-0.25, -0.2) is 9.59 Å². The van der Waals surface area contributed by atoms with Crippen LogP contribution in [0.5, 0.6) is 0 Å². The molecule has 2 aromatic rings. The molecule has 11 atom stereocenters. The number of fused-ring (bicyclic) bond motifs is 5. The summed E-state index contributed by atoms with van der Waals surface area (Å²) in [6, 6.07) is 15.2. The van der Waals surface area contributed by atoms with Crippen molar-refractivity contribution in [1.29, 1.82) is 0 Å². The molecule has 13 nitrogen and oxygen atoms in total. The second-order valence-corrected chi connectivity index (χ2v) is 15.3. The fraction of sp³-hybridized carbons (Fsp3) is 0.538. The van der Waals surface area contributed by atoms with Crippen LogP contribution in [0.2, 0.25) is 0 Å². The lowest BCUT2D eigenvalue weighted by Crippen LogP contribution is -2.81. The van der Waals surface area contributed by atoms with Crippen molar-refractivity contribution in [3.8, 4) is 0 Å². The number of benzene rings is 2. The zero-order chi connectivity index (χ0) is 38.0. The van der Waals surface area contributed by atoms with E-state index in [0.717, 1.165) is 0 Å². The summed E-state index contributed by atoms with van der Waals surface area (Å²) >= 11 is 0. The highest BCUT2D eigenvalue weighted by Crippen LogP contribution is 2.63. The number of hydrogen-bond acceptors (Lipinski definition) is 12. The van der Waals surface area contributed by atoms with E-state index in [1.54, 1.807) is 69.3 Å². The molecule has 2 saturated carbocycles. The molecule has 1 heterocycles. The highest BCUT2D eigenvalue weighted by molar-refractivity contribution is 5.94. The number of aliphatic hydroxyl groups is 4. The molecule has 3 aliphatic carbocycles. The lowest BCUT2D eigenvalue weighted by atomic mass is 9.44. The standard InChI is InChI=1S/C39H47NO12/c1-20-24(51-35(46)29(43)28(40-21(2)41)22-13-9-7-10-14-22)18-39(48)33(52-34(45)23-15-11-8-12-16-23)31-37(5,25(42)17-26-38(31,47)19-50-26)32(44)30(49-6)27(20)36(39,3)4/h7-16,24-26,28-31,33,42-43,47-48H,17-19H2,1-6H3,(H,40,41)/t24?,25?,26?,28?,29?,30?,31?,33?,37-,38?,39?/m1/s1. The molecule has 0 radical (unpaired) electrons. The van der Waals surface area contributed by atoms with Gasteiger partial charge < -0.3 is 44.7 Å². The molecule has 1 aliphatic heterocycles. The number of hydrogen-bond donors (Lipinski definition) is 5. The van der Waals surface area contributed by atoms with Crippen LogP contribution in [0.25, 0.3) is 0 Å². The molecule has 2 bridgehead atoms. The number of esters is 2. The number of ketones is 1. The van der Waals surface area contributed by atoms with E-state index in [4.69, 9.17) is 18.9 Å². The van der Waals surface area contributed by atoms with Gasteiger partial charge in [0.2, 0.25) is 5.91 Å². The molecule has 3 fully saturated rings. The lowest BCUT2D eigenvalue weighted by Gasteiger charge is -2.67. The normalized spacial score (nSPS) is 36.1. The van der Waals surface area contributed by atoms with Crippen LogP contribution in [0.3, 0.4) is 0 Å². The second kappa shape index (κ2) is 13.5. The third-order valence-corrected chi connectivity index (χ3v) is 12.2. The maximum Gasteiger partial charge on any atom is 0.338 e. The van der Waals surface area contributed by atoms with E-state index in [0.29, 0.717) is 11.1 Å². The van der Waals surface area contributed by atoms with Crippen LogP contribution >= 0.6 is 0 Å². The van der Waals surface area contributed by atoms with Crippen LogP contribution in [-0.4, -0.2) is 106 Å². The van der Waals surface area contributed by atoms with E-state index >= 15 is 0 Å². The maximum atomic E-state index is 15.0. The molecule has 1 saturated heterocycles. The lowest BCUT2D eigenvalue weighted by molar-refractivity contribution is -0.343. The van der Waals surface area contributed by atoms with Crippen molar-refractivity contribution in [1.82, 2.24) is 5.32 Å². The first-order chi connectivity index (χ1) is 24.4. The number of carbonyl (C=O) groups is 4. The molecule has 4 aliphatic rings. The first-order valence-corrected chi connectivity index (χ1v) is 17.4. The van der Waals surface area contributed by atoms with E-state index in [2.05, 4.69) is 5.32 Å². The molecule has 1 amide bonds. The summed E-state index contributed by atoms with van der Waals surface area (Å²) < 4.78 is 23.8. The fourth-order valence-corrected chi connectivity index (χ4v) is 9.14. The van der Waals surface area contributed by atoms with Gasteiger partial charge in [-0.1, -0.05) is 62.4 Å². The van der Waals surface area contributed by atoms with Gasteiger partial charge in [-0.2, -0.15) is 0 Å². The Labute approximate surface area is 301 Å². The van der Waals surface area contributed by atoms with Crippen molar-refractivity contribution >= 4 is 23.6 Å². The zero-order valence-electron chi connectivity index (χ0n) is 30.1. The van der Waals surface area contributed by atoms with Crippen molar-refractivity contribution in [2.45, 2.75) is 101 Å². The third kappa shape index (κ3) is 5.69. The van der Waals surface area contributed by atoms with E-state index < -0.39 is 101 Å². The van der Waals surface area contributed by atoms with Crippen LogP contribution in [0.1, 0.15) is 69.4 Å². The monoisotopic (exact) mass is 721 g/mol. The summed E-state index contributed by atoms with van der Waals surface area (Å²) in [4.78, 5) is 54.8. The third-order valence-electron chi connectivity index (χ3n) is 12.2. The number of rotatable bonds is 8. The minimum absolute atomic E-state index is 0.0973. The van der Waals surface area contributed by atoms with Gasteiger partial charge >= 0.3 is 11.9 Å². The van der Waals surface area contributed by atoms with Crippen LogP contribution in [-0.2, 0) is 33.3 Å². The average molecular weight is 722 g/mol. The summed E-state index contributed by atoms with van der Waals surface area (Å²) in [7, 11) is 1.31. The molecular formula is C39H47NO12. The van der Waals surface area contributed by atoms with E-state index in [1.165, 1.54) is 33.1 Å². The highest BCUT2D eigenvalue weighted by atomic mass is 16.6. The Hall–Kier alpha value is -3.98. The van der Waals surface area contributed by atoms with Gasteiger partial charge in [0, 0.05) is 38.2 Å². The van der Waals surface area contributed by atoms with Gasteiger partial charge in [0.05, 0.1) is 35.8 Å². The van der Waals surface area contributed by atoms with Gasteiger partial charge in [-0.3, -0.25) is 9.59 Å². The Morgan fingerprint density at radius 2 is 1.60 bits per heavy atom. The first kappa shape index (κ1) is 37.8. The number of nitrogens with one attached hydrogen (secondary N) is 1. The number of methoxy groups -OCH3 is 1. The SMILES string of the molecule is COC1C(=O)[C@]2(C)C(O)CC3OCC3(O)C2C(OC(=O)c2ccccc2)C2(O)CC(OC(=O)C(O)C(NC(C)=O)c3ccccc3)C(C)=C1C2(C)C. The number of ether oxygens (including phenoxy) is 4. The molecule has 6 rings (SSSR count). The van der Waals surface area contributed by atoms with Crippen LogP contribution in [0, 0.1) is 16.7 Å². The van der Waals surface area contributed by atoms with Crippen LogP contribution < -0.4 is 5.32 Å². The highest BCUT2D eigenvalue weighted by Gasteiger charge is 2.76. The van der Waals surface area contributed by atoms with Gasteiger partial charge in [0.1, 0.15) is 29.5 Å². The molecule has 5 N–H and O–H groups in total. The summed E-state index contributed by atoms with van der Waals surface area (Å²) in [6.07, 6.45) is -9.14. The summed E-state index contributed by atoms with van der Waals surface area (Å²) in [5.74, 6) is -4.54. The maximum absolute atomic E-state index is 15.0. The average Bonchev–Trinajstić information content (AvgIpc) is 3.11. The van der Waals surface area contributed by atoms with Gasteiger partial charge in [0.15, 0.2) is 11.9 Å². The fourth-order valence-electron chi connectivity index (χ4n) is 9.14. The zero-order valence-corrected chi connectivity index (χ0v) is 30.1. The Morgan fingerprint density at radius 1 is 0.981 bits per heavy atom. The minimum atomic E-state index is -2.20. The largest absolute Gasteiger partial charge is 0.456 e. The van der Waals surface area contributed by atoms with Gasteiger partial charge in [-0.05, 0) is 42.7 Å². The molecule has 13 heteroatoms. The summed E-state index contributed by atoms with van der Waals surface area (Å²) in [5, 5.41) is 51.3. The van der Waals surface area contributed by atoms with Crippen molar-refractivity contribution in [3.63, 3.8) is 0 Å². The van der Waals surface area contributed by atoms with Crippen LogP contribution in [0.15, 0.2) is 71.8 Å². The summed E-state index contributed by atoms with van der Waals surface area (Å²) in [6.45, 7) is 7.40. The Kier molecular flexibility index (Phi) is 9.77. The predicted octanol–water partition coefficient (Wildman–Crippen LogP) is 1.95. The van der Waals surface area contributed by atoms with E-state index in [-0.39, 0.29) is 24.2 Å².